The number of carbonyl (C=O) groups is 2. The topological polar surface area (TPSA) is 40.6 Å². The summed E-state index contributed by atoms with van der Waals surface area (Å²) in [6.07, 6.45) is 3.22. The summed E-state index contributed by atoms with van der Waals surface area (Å²) in [7, 11) is 0. The number of nitrogens with zero attached hydrogens (tertiary/aromatic N) is 2. The van der Waals surface area contributed by atoms with Gasteiger partial charge in [0.15, 0.2) is 0 Å². The molecule has 1 heterocycles. The fraction of sp³-hybridized carbons (Fsp3) is 0.412. The van der Waals surface area contributed by atoms with Crippen molar-refractivity contribution >= 4 is 41.1 Å². The second-order valence-electron chi connectivity index (χ2n) is 5.84. The van der Waals surface area contributed by atoms with Crippen LogP contribution in [0.5, 0.6) is 0 Å². The molecule has 0 saturated carbocycles. The van der Waals surface area contributed by atoms with Gasteiger partial charge in [0.2, 0.25) is 11.8 Å². The van der Waals surface area contributed by atoms with Gasteiger partial charge in [0.1, 0.15) is 0 Å². The summed E-state index contributed by atoms with van der Waals surface area (Å²) in [5.74, 6) is 0.0590. The molecule has 2 amide bonds. The number of hydrogen-bond donors (Lipinski definition) is 0. The van der Waals surface area contributed by atoms with E-state index in [1.54, 1.807) is 29.2 Å². The summed E-state index contributed by atoms with van der Waals surface area (Å²) >= 11 is 11.9. The Kier molecular flexibility index (Phi) is 6.08. The fourth-order valence-corrected chi connectivity index (χ4v) is 3.00. The molecule has 1 fully saturated rings. The van der Waals surface area contributed by atoms with Crippen molar-refractivity contribution in [2.45, 2.75) is 13.8 Å². The lowest BCUT2D eigenvalue weighted by Crippen LogP contribution is -2.51. The molecule has 0 bridgehead atoms. The van der Waals surface area contributed by atoms with Crippen molar-refractivity contribution in [2.75, 3.05) is 26.2 Å². The zero-order valence-electron chi connectivity index (χ0n) is 13.3. The van der Waals surface area contributed by atoms with Crippen LogP contribution < -0.4 is 0 Å². The number of halogens is 2. The van der Waals surface area contributed by atoms with Crippen LogP contribution in [0.25, 0.3) is 6.08 Å². The monoisotopic (exact) mass is 354 g/mol. The lowest BCUT2D eigenvalue weighted by Gasteiger charge is -2.35. The van der Waals surface area contributed by atoms with Gasteiger partial charge in [0, 0.05) is 48.2 Å². The minimum atomic E-state index is -0.0715. The number of rotatable bonds is 3. The molecule has 1 aliphatic heterocycles. The SMILES string of the molecule is CC(C)C(=O)N1CCN(C(=O)/C=C/c2cc(Cl)cc(Cl)c2)CC1. The summed E-state index contributed by atoms with van der Waals surface area (Å²) in [6.45, 7) is 6.05. The second kappa shape index (κ2) is 7.84. The number of hydrogen-bond acceptors (Lipinski definition) is 2. The predicted molar refractivity (Wildman–Crippen MR) is 93.5 cm³/mol. The van der Waals surface area contributed by atoms with Gasteiger partial charge < -0.3 is 9.80 Å². The molecule has 0 atom stereocenters. The Morgan fingerprint density at radius 2 is 1.52 bits per heavy atom. The number of benzene rings is 1. The standard InChI is InChI=1S/C17H20Cl2N2O2/c1-12(2)17(23)21-7-5-20(6-8-21)16(22)4-3-13-9-14(18)11-15(19)10-13/h3-4,9-12H,5-8H2,1-2H3/b4-3+. The van der Waals surface area contributed by atoms with E-state index < -0.39 is 0 Å². The van der Waals surface area contributed by atoms with Crippen LogP contribution >= 0.6 is 23.2 Å². The average molecular weight is 355 g/mol. The summed E-state index contributed by atoms with van der Waals surface area (Å²) in [5.41, 5.74) is 0.782. The molecule has 1 aliphatic rings. The summed E-state index contributed by atoms with van der Waals surface area (Å²) in [4.78, 5) is 27.7. The van der Waals surface area contributed by atoms with Gasteiger partial charge >= 0.3 is 0 Å². The molecule has 124 valence electrons. The van der Waals surface area contributed by atoms with Crippen LogP contribution in [0.2, 0.25) is 10.0 Å². The van der Waals surface area contributed by atoms with Crippen molar-refractivity contribution in [3.63, 3.8) is 0 Å². The highest BCUT2D eigenvalue weighted by Gasteiger charge is 2.24. The zero-order valence-corrected chi connectivity index (χ0v) is 14.8. The molecule has 0 spiro atoms. The summed E-state index contributed by atoms with van der Waals surface area (Å²) in [5, 5.41) is 1.07. The molecular weight excluding hydrogens is 335 g/mol. The van der Waals surface area contributed by atoms with Crippen molar-refractivity contribution in [3.8, 4) is 0 Å². The molecule has 0 aliphatic carbocycles. The number of piperazine rings is 1. The Morgan fingerprint density at radius 3 is 2.04 bits per heavy atom. The second-order valence-corrected chi connectivity index (χ2v) is 6.71. The Balaban J connectivity index is 1.92. The molecule has 1 aromatic carbocycles. The highest BCUT2D eigenvalue weighted by molar-refractivity contribution is 6.34. The van der Waals surface area contributed by atoms with Gasteiger partial charge in [-0.15, -0.1) is 0 Å². The maximum Gasteiger partial charge on any atom is 0.246 e. The van der Waals surface area contributed by atoms with Crippen molar-refractivity contribution < 1.29 is 9.59 Å². The van der Waals surface area contributed by atoms with E-state index >= 15 is 0 Å². The van der Waals surface area contributed by atoms with Gasteiger partial charge in [-0.2, -0.15) is 0 Å². The summed E-state index contributed by atoms with van der Waals surface area (Å²) < 4.78 is 0. The first-order valence-electron chi connectivity index (χ1n) is 7.58. The van der Waals surface area contributed by atoms with Crippen LogP contribution in [-0.4, -0.2) is 47.8 Å². The first-order valence-corrected chi connectivity index (χ1v) is 8.34. The van der Waals surface area contributed by atoms with E-state index in [-0.39, 0.29) is 17.7 Å². The lowest BCUT2D eigenvalue weighted by molar-refractivity contribution is -0.139. The van der Waals surface area contributed by atoms with Gasteiger partial charge in [0.25, 0.3) is 0 Å². The molecule has 1 aromatic rings. The number of amides is 2. The molecule has 2 rings (SSSR count). The van der Waals surface area contributed by atoms with E-state index in [4.69, 9.17) is 23.2 Å². The lowest BCUT2D eigenvalue weighted by atomic mass is 10.1. The van der Waals surface area contributed by atoms with Crippen LogP contribution in [0, 0.1) is 5.92 Å². The van der Waals surface area contributed by atoms with Gasteiger partial charge in [-0.25, -0.2) is 0 Å². The molecule has 0 aromatic heterocycles. The molecule has 1 saturated heterocycles. The van der Waals surface area contributed by atoms with E-state index in [1.165, 1.54) is 6.08 Å². The normalized spacial score (nSPS) is 15.5. The predicted octanol–water partition coefficient (Wildman–Crippen LogP) is 3.33. The minimum absolute atomic E-state index is 0.00951. The van der Waals surface area contributed by atoms with E-state index in [0.717, 1.165) is 5.56 Å². The summed E-state index contributed by atoms with van der Waals surface area (Å²) in [6, 6.07) is 5.14. The minimum Gasteiger partial charge on any atom is -0.339 e. The van der Waals surface area contributed by atoms with Gasteiger partial charge in [-0.05, 0) is 29.8 Å². The average Bonchev–Trinajstić information content (AvgIpc) is 2.51. The van der Waals surface area contributed by atoms with E-state index in [0.29, 0.717) is 36.2 Å². The molecule has 0 unspecified atom stereocenters. The van der Waals surface area contributed by atoms with E-state index in [9.17, 15) is 9.59 Å². The molecule has 0 N–H and O–H groups in total. The molecule has 6 heteroatoms. The largest absolute Gasteiger partial charge is 0.339 e. The molecular formula is C17H20Cl2N2O2. The maximum atomic E-state index is 12.2. The van der Waals surface area contributed by atoms with Crippen molar-refractivity contribution in [3.05, 3.63) is 39.9 Å². The van der Waals surface area contributed by atoms with E-state index in [1.807, 2.05) is 18.7 Å². The van der Waals surface area contributed by atoms with Crippen LogP contribution in [0.4, 0.5) is 0 Å². The van der Waals surface area contributed by atoms with Gasteiger partial charge in [-0.1, -0.05) is 37.0 Å². The Labute approximate surface area is 146 Å². The third kappa shape index (κ3) is 4.98. The third-order valence-corrected chi connectivity index (χ3v) is 4.14. The first-order chi connectivity index (χ1) is 10.9. The highest BCUT2D eigenvalue weighted by Crippen LogP contribution is 2.20. The molecule has 0 radical (unpaired) electrons. The fourth-order valence-electron chi connectivity index (χ4n) is 2.46. The number of carbonyl (C=O) groups excluding carboxylic acids is 2. The Bertz CT molecular complexity index is 601. The first kappa shape index (κ1) is 17.8. The van der Waals surface area contributed by atoms with Gasteiger partial charge in [-0.3, -0.25) is 9.59 Å². The molecule has 23 heavy (non-hydrogen) atoms. The van der Waals surface area contributed by atoms with Crippen molar-refractivity contribution in [1.29, 1.82) is 0 Å². The Morgan fingerprint density at radius 1 is 1.00 bits per heavy atom. The smallest absolute Gasteiger partial charge is 0.246 e. The highest BCUT2D eigenvalue weighted by atomic mass is 35.5. The van der Waals surface area contributed by atoms with E-state index in [2.05, 4.69) is 0 Å². The quantitative estimate of drug-likeness (QED) is 0.781. The van der Waals surface area contributed by atoms with Crippen molar-refractivity contribution in [2.24, 2.45) is 5.92 Å². The van der Waals surface area contributed by atoms with Crippen LogP contribution in [-0.2, 0) is 9.59 Å². The van der Waals surface area contributed by atoms with Crippen LogP contribution in [0.3, 0.4) is 0 Å². The van der Waals surface area contributed by atoms with Crippen molar-refractivity contribution in [1.82, 2.24) is 9.80 Å². The van der Waals surface area contributed by atoms with Gasteiger partial charge in [0.05, 0.1) is 0 Å². The zero-order chi connectivity index (χ0) is 17.0. The van der Waals surface area contributed by atoms with Crippen LogP contribution in [0.1, 0.15) is 19.4 Å². The maximum absolute atomic E-state index is 12.2. The van der Waals surface area contributed by atoms with Crippen LogP contribution in [0.15, 0.2) is 24.3 Å². The molecule has 4 nitrogen and oxygen atoms in total. The third-order valence-electron chi connectivity index (χ3n) is 3.70. The Hall–Kier alpha value is -1.52.